The van der Waals surface area contributed by atoms with E-state index >= 15 is 0 Å². The number of rotatable bonds is 9. The number of nitrogens with one attached hydrogen (secondary N) is 2. The van der Waals surface area contributed by atoms with Crippen molar-refractivity contribution >= 4 is 23.6 Å². The second-order valence-corrected chi connectivity index (χ2v) is 7.24. The molecular weight excluding hydrogens is 372 g/mol. The van der Waals surface area contributed by atoms with E-state index in [-0.39, 0.29) is 18.4 Å². The molecule has 0 radical (unpaired) electrons. The molecule has 0 aliphatic heterocycles. The van der Waals surface area contributed by atoms with Crippen LogP contribution in [0.15, 0.2) is 59.6 Å². The van der Waals surface area contributed by atoms with E-state index in [0.29, 0.717) is 30.0 Å². The van der Waals surface area contributed by atoms with Gasteiger partial charge in [-0.05, 0) is 55.5 Å². The first-order chi connectivity index (χ1) is 13.4. The van der Waals surface area contributed by atoms with Crippen LogP contribution in [0.5, 0.6) is 5.75 Å². The van der Waals surface area contributed by atoms with Gasteiger partial charge in [-0.1, -0.05) is 24.8 Å². The molecule has 0 atom stereocenters. The molecule has 5 nitrogen and oxygen atoms in total. The number of hydrogen-bond donors (Lipinski definition) is 2. The Morgan fingerprint density at radius 1 is 1.11 bits per heavy atom. The highest BCUT2D eigenvalue weighted by Crippen LogP contribution is 2.19. The van der Waals surface area contributed by atoms with Crippen molar-refractivity contribution in [3.63, 3.8) is 0 Å². The largest absolute Gasteiger partial charge is 0.484 e. The molecule has 2 rings (SSSR count). The van der Waals surface area contributed by atoms with Crippen LogP contribution in [0.25, 0.3) is 0 Å². The quantitative estimate of drug-likeness (QED) is 0.630. The zero-order valence-electron chi connectivity index (χ0n) is 16.5. The van der Waals surface area contributed by atoms with Gasteiger partial charge in [0.05, 0.1) is 5.56 Å². The summed E-state index contributed by atoms with van der Waals surface area (Å²) in [6.07, 6.45) is 2.38. The summed E-state index contributed by atoms with van der Waals surface area (Å²) in [7, 11) is 0. The number of carbonyl (C=O) groups excluding carboxylic acids is 2. The average Bonchev–Trinajstić information content (AvgIpc) is 2.68. The highest BCUT2D eigenvalue weighted by molar-refractivity contribution is 7.98. The van der Waals surface area contributed by atoms with Gasteiger partial charge in [0.15, 0.2) is 6.61 Å². The van der Waals surface area contributed by atoms with Gasteiger partial charge in [-0.2, -0.15) is 0 Å². The minimum absolute atomic E-state index is 0.0883. The normalized spacial score (nSPS) is 10.2. The molecule has 0 aliphatic rings. The third-order valence-electron chi connectivity index (χ3n) is 4.23. The molecule has 0 aromatic heterocycles. The Hall–Kier alpha value is -2.73. The van der Waals surface area contributed by atoms with Crippen LogP contribution in [-0.4, -0.2) is 31.2 Å². The Morgan fingerprint density at radius 3 is 2.57 bits per heavy atom. The molecule has 2 aromatic rings. The van der Waals surface area contributed by atoms with Gasteiger partial charge in [0.2, 0.25) is 0 Å². The molecule has 2 N–H and O–H groups in total. The van der Waals surface area contributed by atoms with Crippen LogP contribution in [0.3, 0.4) is 0 Å². The maximum absolute atomic E-state index is 12.3. The first-order valence-corrected chi connectivity index (χ1v) is 10.2. The van der Waals surface area contributed by atoms with Crippen LogP contribution in [0.1, 0.15) is 27.9 Å². The Labute approximate surface area is 170 Å². The third kappa shape index (κ3) is 6.46. The maximum atomic E-state index is 12.3. The van der Waals surface area contributed by atoms with Crippen LogP contribution >= 0.6 is 11.8 Å². The van der Waals surface area contributed by atoms with E-state index in [4.69, 9.17) is 4.74 Å². The Morgan fingerprint density at radius 2 is 1.86 bits per heavy atom. The zero-order chi connectivity index (χ0) is 20.5. The number of benzene rings is 2. The van der Waals surface area contributed by atoms with Gasteiger partial charge in [0, 0.05) is 23.6 Å². The van der Waals surface area contributed by atoms with Crippen molar-refractivity contribution < 1.29 is 14.3 Å². The molecule has 6 heteroatoms. The number of aryl methyl sites for hydroxylation is 2. The molecular formula is C22H26N2O3S. The van der Waals surface area contributed by atoms with E-state index in [1.165, 1.54) is 17.3 Å². The SMILES string of the molecule is C=C(CCNC(=O)c1ccccc1SC)NC(=O)COc1ccc(C)c(C)c1. The summed E-state index contributed by atoms with van der Waals surface area (Å²) in [5, 5.41) is 5.55. The van der Waals surface area contributed by atoms with Crippen molar-refractivity contribution in [2.24, 2.45) is 0 Å². The number of thioether (sulfide) groups is 1. The second kappa shape index (κ2) is 10.6. The smallest absolute Gasteiger partial charge is 0.262 e. The Balaban J connectivity index is 1.72. The summed E-state index contributed by atoms with van der Waals surface area (Å²) in [5.74, 6) is 0.244. The first kappa shape index (κ1) is 21.6. The van der Waals surface area contributed by atoms with Crippen molar-refractivity contribution in [2.45, 2.75) is 25.2 Å². The Kier molecular flexibility index (Phi) is 8.14. The molecule has 0 heterocycles. The van der Waals surface area contributed by atoms with Crippen LogP contribution in [0.2, 0.25) is 0 Å². The summed E-state index contributed by atoms with van der Waals surface area (Å²) < 4.78 is 5.51. The summed E-state index contributed by atoms with van der Waals surface area (Å²) in [4.78, 5) is 25.2. The lowest BCUT2D eigenvalue weighted by Gasteiger charge is -2.12. The highest BCUT2D eigenvalue weighted by Gasteiger charge is 2.10. The minimum Gasteiger partial charge on any atom is -0.484 e. The number of amides is 2. The van der Waals surface area contributed by atoms with E-state index < -0.39 is 0 Å². The molecule has 148 valence electrons. The van der Waals surface area contributed by atoms with Gasteiger partial charge in [0.25, 0.3) is 11.8 Å². The van der Waals surface area contributed by atoms with Gasteiger partial charge in [-0.3, -0.25) is 9.59 Å². The zero-order valence-corrected chi connectivity index (χ0v) is 17.3. The number of hydrogen-bond acceptors (Lipinski definition) is 4. The van der Waals surface area contributed by atoms with Crippen LogP contribution in [0.4, 0.5) is 0 Å². The summed E-state index contributed by atoms with van der Waals surface area (Å²) in [5.41, 5.74) is 3.46. The van der Waals surface area contributed by atoms with Crippen molar-refractivity contribution in [3.8, 4) is 5.75 Å². The van der Waals surface area contributed by atoms with Crippen LogP contribution in [-0.2, 0) is 4.79 Å². The predicted octanol–water partition coefficient (Wildman–Crippen LogP) is 3.85. The number of ether oxygens (including phenoxy) is 1. The average molecular weight is 399 g/mol. The highest BCUT2D eigenvalue weighted by atomic mass is 32.2. The molecule has 2 amide bonds. The van der Waals surface area contributed by atoms with Crippen LogP contribution in [0, 0.1) is 13.8 Å². The topological polar surface area (TPSA) is 67.4 Å². The lowest BCUT2D eigenvalue weighted by atomic mass is 10.1. The van der Waals surface area contributed by atoms with Crippen molar-refractivity contribution in [3.05, 3.63) is 71.4 Å². The molecule has 0 spiro atoms. The molecule has 2 aromatic carbocycles. The van der Waals surface area contributed by atoms with Crippen molar-refractivity contribution in [1.29, 1.82) is 0 Å². The van der Waals surface area contributed by atoms with E-state index in [2.05, 4.69) is 17.2 Å². The summed E-state index contributed by atoms with van der Waals surface area (Å²) >= 11 is 1.53. The van der Waals surface area contributed by atoms with E-state index in [0.717, 1.165) is 10.5 Å². The first-order valence-electron chi connectivity index (χ1n) is 8.99. The van der Waals surface area contributed by atoms with Gasteiger partial charge >= 0.3 is 0 Å². The standard InChI is InChI=1S/C22H26N2O3S/c1-15-9-10-18(13-16(15)2)27-14-21(25)24-17(3)11-12-23-22(26)19-7-5-6-8-20(19)28-4/h5-10,13H,3,11-12,14H2,1-2,4H3,(H,23,26)(H,24,25). The summed E-state index contributed by atoms with van der Waals surface area (Å²) in [6.45, 7) is 8.15. The van der Waals surface area contributed by atoms with E-state index in [1.807, 2.05) is 56.5 Å². The Bertz CT molecular complexity index is 865. The van der Waals surface area contributed by atoms with Crippen molar-refractivity contribution in [2.75, 3.05) is 19.4 Å². The van der Waals surface area contributed by atoms with Gasteiger partial charge in [-0.25, -0.2) is 0 Å². The fourth-order valence-corrected chi connectivity index (χ4v) is 3.10. The monoisotopic (exact) mass is 398 g/mol. The second-order valence-electron chi connectivity index (χ2n) is 6.39. The minimum atomic E-state index is -0.276. The molecule has 0 aliphatic carbocycles. The fraction of sp³-hybridized carbons (Fsp3) is 0.273. The summed E-state index contributed by atoms with van der Waals surface area (Å²) in [6, 6.07) is 13.1. The van der Waals surface area contributed by atoms with E-state index in [9.17, 15) is 9.59 Å². The molecule has 0 unspecified atom stereocenters. The third-order valence-corrected chi connectivity index (χ3v) is 5.02. The van der Waals surface area contributed by atoms with Gasteiger partial charge in [-0.15, -0.1) is 11.8 Å². The predicted molar refractivity (Wildman–Crippen MR) is 114 cm³/mol. The molecule has 0 saturated carbocycles. The lowest BCUT2D eigenvalue weighted by Crippen LogP contribution is -2.31. The molecule has 0 saturated heterocycles. The fourth-order valence-electron chi connectivity index (χ4n) is 2.50. The van der Waals surface area contributed by atoms with Crippen molar-refractivity contribution in [1.82, 2.24) is 10.6 Å². The van der Waals surface area contributed by atoms with Gasteiger partial charge in [0.1, 0.15) is 5.75 Å². The lowest BCUT2D eigenvalue weighted by molar-refractivity contribution is -0.122. The van der Waals surface area contributed by atoms with Crippen LogP contribution < -0.4 is 15.4 Å². The molecule has 28 heavy (non-hydrogen) atoms. The maximum Gasteiger partial charge on any atom is 0.262 e. The molecule has 0 bridgehead atoms. The van der Waals surface area contributed by atoms with Gasteiger partial charge < -0.3 is 15.4 Å². The molecule has 0 fully saturated rings. The van der Waals surface area contributed by atoms with E-state index in [1.54, 1.807) is 6.07 Å². The number of carbonyl (C=O) groups is 2.